The van der Waals surface area contributed by atoms with Crippen LogP contribution in [0.1, 0.15) is 0 Å². The van der Waals surface area contributed by atoms with Crippen LogP contribution in [0.2, 0.25) is 0 Å². The summed E-state index contributed by atoms with van der Waals surface area (Å²) in [6, 6.07) is 0. The van der Waals surface area contributed by atoms with Crippen LogP contribution in [0, 0.1) is 0 Å². The van der Waals surface area contributed by atoms with Crippen LogP contribution in [0.5, 0.6) is 0 Å². The van der Waals surface area contributed by atoms with Gasteiger partial charge in [0, 0.05) is 49.9 Å². The SMILES string of the molecule is C1=CNCC=N1.c1cnccn1. The van der Waals surface area contributed by atoms with E-state index in [4.69, 9.17) is 0 Å². The Morgan fingerprint density at radius 2 is 1.67 bits per heavy atom. The van der Waals surface area contributed by atoms with Crippen LogP contribution in [0.15, 0.2) is 42.2 Å². The Labute approximate surface area is 71.1 Å². The van der Waals surface area contributed by atoms with Crippen molar-refractivity contribution in [2.24, 2.45) is 4.99 Å². The van der Waals surface area contributed by atoms with Crippen LogP contribution in [0.25, 0.3) is 0 Å². The Morgan fingerprint density at radius 1 is 1.00 bits per heavy atom. The molecule has 4 nitrogen and oxygen atoms in total. The van der Waals surface area contributed by atoms with E-state index in [9.17, 15) is 0 Å². The Morgan fingerprint density at radius 3 is 1.83 bits per heavy atom. The second kappa shape index (κ2) is 6.03. The molecule has 2 rings (SSSR count). The Balaban J connectivity index is 0.000000120. The van der Waals surface area contributed by atoms with Crippen molar-refractivity contribution in [2.75, 3.05) is 6.54 Å². The van der Waals surface area contributed by atoms with Crippen molar-refractivity contribution in [3.8, 4) is 0 Å². The first-order valence-corrected chi connectivity index (χ1v) is 3.60. The minimum Gasteiger partial charge on any atom is -0.385 e. The lowest BCUT2D eigenvalue weighted by Crippen LogP contribution is -2.09. The van der Waals surface area contributed by atoms with Gasteiger partial charge in [0.15, 0.2) is 0 Å². The molecule has 0 amide bonds. The van der Waals surface area contributed by atoms with E-state index in [0.717, 1.165) is 6.54 Å². The van der Waals surface area contributed by atoms with Gasteiger partial charge in [-0.1, -0.05) is 0 Å². The van der Waals surface area contributed by atoms with E-state index < -0.39 is 0 Å². The van der Waals surface area contributed by atoms with Gasteiger partial charge in [0.25, 0.3) is 0 Å². The molecule has 0 radical (unpaired) electrons. The third-order valence-electron chi connectivity index (χ3n) is 1.07. The molecule has 12 heavy (non-hydrogen) atoms. The second-order valence-electron chi connectivity index (χ2n) is 1.95. The molecule has 0 unspecified atom stereocenters. The van der Waals surface area contributed by atoms with Crippen molar-refractivity contribution < 1.29 is 0 Å². The zero-order chi connectivity index (χ0) is 8.49. The highest BCUT2D eigenvalue weighted by Gasteiger charge is 1.74. The van der Waals surface area contributed by atoms with Gasteiger partial charge >= 0.3 is 0 Å². The normalized spacial score (nSPS) is 12.7. The molecule has 0 atom stereocenters. The summed E-state index contributed by atoms with van der Waals surface area (Å²) in [6.07, 6.45) is 11.9. The van der Waals surface area contributed by atoms with E-state index in [1.54, 1.807) is 31.0 Å². The van der Waals surface area contributed by atoms with Gasteiger partial charge < -0.3 is 5.32 Å². The Bertz CT molecular complexity index is 204. The summed E-state index contributed by atoms with van der Waals surface area (Å²) in [7, 11) is 0. The summed E-state index contributed by atoms with van der Waals surface area (Å²) >= 11 is 0. The first-order chi connectivity index (χ1) is 6.00. The van der Waals surface area contributed by atoms with E-state index in [0.29, 0.717) is 0 Å². The molecule has 0 aromatic carbocycles. The molecule has 0 saturated heterocycles. The lowest BCUT2D eigenvalue weighted by atomic mass is 10.6. The lowest BCUT2D eigenvalue weighted by molar-refractivity contribution is 1.01. The summed E-state index contributed by atoms with van der Waals surface area (Å²) in [6.45, 7) is 0.872. The van der Waals surface area contributed by atoms with Gasteiger partial charge in [-0.15, -0.1) is 0 Å². The van der Waals surface area contributed by atoms with Gasteiger partial charge in [0.2, 0.25) is 0 Å². The predicted octanol–water partition coefficient (Wildman–Crippen LogP) is 0.608. The smallest absolute Gasteiger partial charge is 0.0498 e. The van der Waals surface area contributed by atoms with Gasteiger partial charge in [-0.3, -0.25) is 15.0 Å². The molecule has 0 fully saturated rings. The number of aliphatic imine (C=N–C) groups is 1. The van der Waals surface area contributed by atoms with Crippen molar-refractivity contribution in [1.82, 2.24) is 15.3 Å². The van der Waals surface area contributed by atoms with E-state index >= 15 is 0 Å². The number of hydrogen-bond acceptors (Lipinski definition) is 4. The maximum atomic E-state index is 3.81. The van der Waals surface area contributed by atoms with Crippen LogP contribution in [0.4, 0.5) is 0 Å². The van der Waals surface area contributed by atoms with Gasteiger partial charge in [0.1, 0.15) is 0 Å². The Kier molecular flexibility index (Phi) is 4.21. The number of nitrogens with zero attached hydrogens (tertiary/aromatic N) is 3. The number of nitrogens with one attached hydrogen (secondary N) is 1. The maximum absolute atomic E-state index is 3.81. The zero-order valence-corrected chi connectivity index (χ0v) is 6.59. The average Bonchev–Trinajstić information content (AvgIpc) is 2.24. The highest BCUT2D eigenvalue weighted by Crippen LogP contribution is 1.73. The van der Waals surface area contributed by atoms with Gasteiger partial charge in [-0.25, -0.2) is 0 Å². The lowest BCUT2D eigenvalue weighted by Gasteiger charge is -1.93. The number of rotatable bonds is 0. The van der Waals surface area contributed by atoms with E-state index in [-0.39, 0.29) is 0 Å². The van der Waals surface area contributed by atoms with Crippen molar-refractivity contribution in [2.45, 2.75) is 0 Å². The standard InChI is InChI=1S/C4H6N2.C4H4N2/c2*1-2-6-4-3-5-1/h1-3,6H,4H2;1-4H. The fraction of sp³-hybridized carbons (Fsp3) is 0.125. The number of aromatic nitrogens is 2. The molecule has 1 aliphatic heterocycles. The van der Waals surface area contributed by atoms with Crippen molar-refractivity contribution in [3.05, 3.63) is 37.2 Å². The van der Waals surface area contributed by atoms with Crippen LogP contribution < -0.4 is 5.32 Å². The molecule has 0 bridgehead atoms. The molecule has 1 aromatic heterocycles. The van der Waals surface area contributed by atoms with Gasteiger partial charge in [0.05, 0.1) is 0 Å². The van der Waals surface area contributed by atoms with Crippen molar-refractivity contribution in [1.29, 1.82) is 0 Å². The third kappa shape index (κ3) is 4.16. The van der Waals surface area contributed by atoms with Gasteiger partial charge in [-0.05, 0) is 0 Å². The molecule has 4 heteroatoms. The Hall–Kier alpha value is -1.71. The van der Waals surface area contributed by atoms with Crippen molar-refractivity contribution in [3.63, 3.8) is 0 Å². The van der Waals surface area contributed by atoms with Crippen LogP contribution in [0.3, 0.4) is 0 Å². The molecule has 62 valence electrons. The second-order valence-corrected chi connectivity index (χ2v) is 1.95. The fourth-order valence-corrected chi connectivity index (χ4v) is 0.583. The van der Waals surface area contributed by atoms with Crippen LogP contribution >= 0.6 is 0 Å². The van der Waals surface area contributed by atoms with Gasteiger partial charge in [-0.2, -0.15) is 0 Å². The topological polar surface area (TPSA) is 50.2 Å². The molecular weight excluding hydrogens is 152 g/mol. The molecule has 1 N–H and O–H groups in total. The minimum absolute atomic E-state index is 0.872. The molecular formula is C8H10N4. The maximum Gasteiger partial charge on any atom is 0.0498 e. The molecule has 1 aliphatic rings. The van der Waals surface area contributed by atoms with Crippen LogP contribution in [-0.2, 0) is 0 Å². The average molecular weight is 162 g/mol. The van der Waals surface area contributed by atoms with E-state index in [1.165, 1.54) is 0 Å². The summed E-state index contributed by atoms with van der Waals surface area (Å²) in [5.41, 5.74) is 0. The summed E-state index contributed by atoms with van der Waals surface area (Å²) in [5, 5.41) is 2.95. The first kappa shape index (κ1) is 8.39. The van der Waals surface area contributed by atoms with Crippen LogP contribution in [-0.4, -0.2) is 22.7 Å². The predicted molar refractivity (Wildman–Crippen MR) is 47.7 cm³/mol. The molecule has 0 saturated carbocycles. The molecule has 0 spiro atoms. The quantitative estimate of drug-likeness (QED) is 0.608. The summed E-state index contributed by atoms with van der Waals surface area (Å²) in [4.78, 5) is 11.3. The molecule has 0 aliphatic carbocycles. The summed E-state index contributed by atoms with van der Waals surface area (Å²) < 4.78 is 0. The fourth-order valence-electron chi connectivity index (χ4n) is 0.583. The molecule has 1 aromatic rings. The minimum atomic E-state index is 0.872. The largest absolute Gasteiger partial charge is 0.385 e. The zero-order valence-electron chi connectivity index (χ0n) is 6.59. The highest BCUT2D eigenvalue weighted by molar-refractivity contribution is 5.61. The monoisotopic (exact) mass is 162 g/mol. The van der Waals surface area contributed by atoms with E-state index in [1.807, 2.05) is 12.4 Å². The third-order valence-corrected chi connectivity index (χ3v) is 1.07. The molecule has 2 heterocycles. The number of hydrogen-bond donors (Lipinski definition) is 1. The highest BCUT2D eigenvalue weighted by atomic mass is 14.9. The summed E-state index contributed by atoms with van der Waals surface area (Å²) in [5.74, 6) is 0. The van der Waals surface area contributed by atoms with E-state index in [2.05, 4.69) is 20.3 Å². The van der Waals surface area contributed by atoms with Crippen molar-refractivity contribution >= 4 is 6.21 Å². The first-order valence-electron chi connectivity index (χ1n) is 3.60.